The summed E-state index contributed by atoms with van der Waals surface area (Å²) in [5.74, 6) is 0.674. The van der Waals surface area contributed by atoms with Gasteiger partial charge >= 0.3 is 0 Å². The number of carbonyl (C=O) groups is 1. The van der Waals surface area contributed by atoms with E-state index in [1.807, 2.05) is 24.3 Å². The van der Waals surface area contributed by atoms with Gasteiger partial charge in [0.1, 0.15) is 16.5 Å². The van der Waals surface area contributed by atoms with Gasteiger partial charge in [-0.2, -0.15) is 0 Å². The highest BCUT2D eigenvalue weighted by Gasteiger charge is 2.23. The lowest BCUT2D eigenvalue weighted by Gasteiger charge is -2.26. The average Bonchev–Trinajstić information content (AvgIpc) is 2.97. The van der Waals surface area contributed by atoms with Crippen molar-refractivity contribution < 1.29 is 9.53 Å². The molecule has 0 aliphatic carbocycles. The molecule has 0 fully saturated rings. The Labute approximate surface area is 120 Å². The molecule has 5 nitrogen and oxygen atoms in total. The first-order chi connectivity index (χ1) is 9.78. The monoisotopic (exact) mass is 289 g/mol. The van der Waals surface area contributed by atoms with E-state index in [1.165, 1.54) is 11.3 Å². The second kappa shape index (κ2) is 5.60. The average molecular weight is 289 g/mol. The molecule has 104 valence electrons. The third-order valence-corrected chi connectivity index (χ3v) is 4.09. The van der Waals surface area contributed by atoms with E-state index in [-0.39, 0.29) is 11.9 Å². The Balaban J connectivity index is 1.77. The summed E-state index contributed by atoms with van der Waals surface area (Å²) < 4.78 is 5.58. The van der Waals surface area contributed by atoms with Crippen LogP contribution in [0.1, 0.15) is 33.5 Å². The molecule has 0 spiro atoms. The molecule has 0 bridgehead atoms. The molecule has 3 N–H and O–H groups in total. The summed E-state index contributed by atoms with van der Waals surface area (Å²) in [7, 11) is 0. The number of nitrogens with zero attached hydrogens (tertiary/aromatic N) is 1. The quantitative estimate of drug-likeness (QED) is 0.904. The summed E-state index contributed by atoms with van der Waals surface area (Å²) in [6.07, 6.45) is 0.761. The van der Waals surface area contributed by atoms with Crippen LogP contribution in [0.25, 0.3) is 0 Å². The third-order valence-electron chi connectivity index (χ3n) is 3.22. The first-order valence-corrected chi connectivity index (χ1v) is 7.33. The summed E-state index contributed by atoms with van der Waals surface area (Å²) >= 11 is 1.40. The lowest BCUT2D eigenvalue weighted by atomic mass is 10.0. The van der Waals surface area contributed by atoms with Gasteiger partial charge in [0.15, 0.2) is 0 Å². The van der Waals surface area contributed by atoms with E-state index in [9.17, 15) is 4.79 Å². The fourth-order valence-corrected chi connectivity index (χ4v) is 2.89. The van der Waals surface area contributed by atoms with E-state index in [0.717, 1.165) is 22.7 Å². The van der Waals surface area contributed by atoms with Crippen LogP contribution in [0.15, 0.2) is 29.6 Å². The van der Waals surface area contributed by atoms with Gasteiger partial charge in [-0.15, -0.1) is 11.3 Å². The molecule has 1 atom stereocenters. The molecule has 6 heteroatoms. The number of thiazole rings is 1. The summed E-state index contributed by atoms with van der Waals surface area (Å²) in [5, 5.41) is 5.52. The maximum absolute atomic E-state index is 12.2. The normalized spacial score (nSPS) is 17.1. The van der Waals surface area contributed by atoms with Gasteiger partial charge in [-0.1, -0.05) is 18.2 Å². The minimum absolute atomic E-state index is 0.0320. The van der Waals surface area contributed by atoms with Crippen molar-refractivity contribution in [2.24, 2.45) is 5.73 Å². The molecule has 1 unspecified atom stereocenters. The number of hydrogen-bond donors (Lipinski definition) is 2. The fraction of sp³-hybridized carbons (Fsp3) is 0.286. The van der Waals surface area contributed by atoms with E-state index in [4.69, 9.17) is 10.5 Å². The van der Waals surface area contributed by atoms with Crippen LogP contribution in [0, 0.1) is 0 Å². The van der Waals surface area contributed by atoms with E-state index < -0.39 is 0 Å². The largest absolute Gasteiger partial charge is 0.493 e. The molecule has 3 rings (SSSR count). The predicted molar refractivity (Wildman–Crippen MR) is 76.8 cm³/mol. The molecule has 1 aromatic carbocycles. The molecular weight excluding hydrogens is 274 g/mol. The highest BCUT2D eigenvalue weighted by atomic mass is 32.1. The summed E-state index contributed by atoms with van der Waals surface area (Å²) in [6, 6.07) is 7.74. The van der Waals surface area contributed by atoms with Gasteiger partial charge in [-0.05, 0) is 6.07 Å². The molecule has 0 saturated carbocycles. The molecule has 2 aromatic rings. The lowest BCUT2D eigenvalue weighted by Crippen LogP contribution is -2.32. The van der Waals surface area contributed by atoms with Gasteiger partial charge in [0.2, 0.25) is 0 Å². The van der Waals surface area contributed by atoms with Crippen molar-refractivity contribution in [3.63, 3.8) is 0 Å². The number of amides is 1. The number of benzene rings is 1. The number of para-hydroxylation sites is 1. The second-order valence-electron chi connectivity index (χ2n) is 4.53. The van der Waals surface area contributed by atoms with Crippen molar-refractivity contribution in [3.05, 3.63) is 45.9 Å². The first-order valence-electron chi connectivity index (χ1n) is 6.45. The van der Waals surface area contributed by atoms with E-state index >= 15 is 0 Å². The Kier molecular flexibility index (Phi) is 3.66. The van der Waals surface area contributed by atoms with Gasteiger partial charge in [0.05, 0.1) is 12.6 Å². The summed E-state index contributed by atoms with van der Waals surface area (Å²) in [5.41, 5.74) is 6.96. The Hall–Kier alpha value is -1.92. The molecule has 1 amide bonds. The smallest absolute Gasteiger partial charge is 0.271 e. The van der Waals surface area contributed by atoms with Crippen molar-refractivity contribution in [3.8, 4) is 5.75 Å². The van der Waals surface area contributed by atoms with Crippen molar-refractivity contribution in [1.82, 2.24) is 10.3 Å². The zero-order chi connectivity index (χ0) is 13.9. The van der Waals surface area contributed by atoms with E-state index in [2.05, 4.69) is 10.3 Å². The van der Waals surface area contributed by atoms with Crippen molar-refractivity contribution >= 4 is 17.2 Å². The van der Waals surface area contributed by atoms with Crippen LogP contribution in [0.5, 0.6) is 5.75 Å². The van der Waals surface area contributed by atoms with Crippen LogP contribution in [0.3, 0.4) is 0 Å². The maximum Gasteiger partial charge on any atom is 0.271 e. The predicted octanol–water partition coefficient (Wildman–Crippen LogP) is 1.86. The van der Waals surface area contributed by atoms with Gasteiger partial charge in [0, 0.05) is 23.9 Å². The van der Waals surface area contributed by atoms with Crippen molar-refractivity contribution in [1.29, 1.82) is 0 Å². The zero-order valence-corrected chi connectivity index (χ0v) is 11.7. The summed E-state index contributed by atoms with van der Waals surface area (Å²) in [6.45, 7) is 0.963. The molecular formula is C14H15N3O2S. The number of aromatic nitrogens is 1. The highest BCUT2D eigenvalue weighted by Crippen LogP contribution is 2.31. The minimum Gasteiger partial charge on any atom is -0.493 e. The van der Waals surface area contributed by atoms with Crippen LogP contribution in [-0.4, -0.2) is 17.5 Å². The van der Waals surface area contributed by atoms with Gasteiger partial charge in [-0.25, -0.2) is 4.98 Å². The van der Waals surface area contributed by atoms with Gasteiger partial charge in [-0.3, -0.25) is 4.79 Å². The minimum atomic E-state index is -0.164. The van der Waals surface area contributed by atoms with Crippen LogP contribution in [-0.2, 0) is 6.54 Å². The Morgan fingerprint density at radius 3 is 3.15 bits per heavy atom. The van der Waals surface area contributed by atoms with Crippen LogP contribution in [0.2, 0.25) is 0 Å². The molecule has 0 saturated heterocycles. The standard InChI is InChI=1S/C14H15N3O2S/c15-7-13-16-11(8-20-13)14(18)17-10-5-6-19-12-4-2-1-3-9(10)12/h1-4,8,10H,5-7,15H2,(H,17,18). The maximum atomic E-state index is 12.2. The fourth-order valence-electron chi connectivity index (χ4n) is 2.23. The van der Waals surface area contributed by atoms with Crippen molar-refractivity contribution in [2.75, 3.05) is 6.61 Å². The number of carbonyl (C=O) groups excluding carboxylic acids is 1. The van der Waals surface area contributed by atoms with E-state index in [0.29, 0.717) is 18.8 Å². The zero-order valence-electron chi connectivity index (χ0n) is 10.8. The number of hydrogen-bond acceptors (Lipinski definition) is 5. The van der Waals surface area contributed by atoms with Crippen LogP contribution >= 0.6 is 11.3 Å². The Morgan fingerprint density at radius 1 is 1.50 bits per heavy atom. The second-order valence-corrected chi connectivity index (χ2v) is 5.47. The molecule has 1 aromatic heterocycles. The molecule has 0 radical (unpaired) electrons. The van der Waals surface area contributed by atoms with Crippen LogP contribution in [0.4, 0.5) is 0 Å². The Morgan fingerprint density at radius 2 is 2.35 bits per heavy atom. The van der Waals surface area contributed by atoms with Gasteiger partial charge < -0.3 is 15.8 Å². The van der Waals surface area contributed by atoms with Crippen LogP contribution < -0.4 is 15.8 Å². The van der Waals surface area contributed by atoms with Crippen molar-refractivity contribution in [2.45, 2.75) is 19.0 Å². The first kappa shape index (κ1) is 13.1. The molecule has 1 aliphatic heterocycles. The number of nitrogens with two attached hydrogens (primary N) is 1. The SMILES string of the molecule is NCc1nc(C(=O)NC2CCOc3ccccc32)cs1. The topological polar surface area (TPSA) is 77.2 Å². The molecule has 20 heavy (non-hydrogen) atoms. The number of rotatable bonds is 3. The van der Waals surface area contributed by atoms with Gasteiger partial charge in [0.25, 0.3) is 5.91 Å². The number of nitrogens with one attached hydrogen (secondary N) is 1. The highest BCUT2D eigenvalue weighted by molar-refractivity contribution is 7.09. The Bertz CT molecular complexity index is 626. The van der Waals surface area contributed by atoms with E-state index in [1.54, 1.807) is 5.38 Å². The summed E-state index contributed by atoms with van der Waals surface area (Å²) in [4.78, 5) is 16.4. The lowest BCUT2D eigenvalue weighted by molar-refractivity contribution is 0.0920. The molecule has 2 heterocycles. The molecule has 1 aliphatic rings. The third kappa shape index (κ3) is 2.52. The number of fused-ring (bicyclic) bond motifs is 1. The number of ether oxygens (including phenoxy) is 1.